The van der Waals surface area contributed by atoms with E-state index in [1.165, 1.54) is 12.8 Å². The molecule has 0 saturated heterocycles. The molecule has 5 heteroatoms. The highest BCUT2D eigenvalue weighted by Gasteiger charge is 2.17. The zero-order chi connectivity index (χ0) is 22.2. The molecule has 0 saturated carbocycles. The maximum Gasteiger partial charge on any atom is 0.307 e. The van der Waals surface area contributed by atoms with E-state index in [1.54, 1.807) is 28.8 Å². The minimum absolute atomic E-state index is 0.0746. The number of carbonyl (C=O) groups excluding carboxylic acids is 1. The van der Waals surface area contributed by atoms with Gasteiger partial charge in [0, 0.05) is 16.6 Å². The average Bonchev–Trinajstić information content (AvgIpc) is 3.09. The van der Waals surface area contributed by atoms with Gasteiger partial charge in [0.05, 0.1) is 18.5 Å². The highest BCUT2D eigenvalue weighted by atomic mass is 16.5. The van der Waals surface area contributed by atoms with Gasteiger partial charge in [-0.25, -0.2) is 0 Å². The molecule has 1 N–H and O–H groups in total. The number of ether oxygens (including phenoxy) is 1. The van der Waals surface area contributed by atoms with Crippen LogP contribution in [0.1, 0.15) is 54.2 Å². The summed E-state index contributed by atoms with van der Waals surface area (Å²) in [5, 5.41) is 9.95. The molecule has 31 heavy (non-hydrogen) atoms. The van der Waals surface area contributed by atoms with Crippen LogP contribution in [-0.2, 0) is 11.2 Å². The second kappa shape index (κ2) is 10.6. The molecule has 0 bridgehead atoms. The van der Waals surface area contributed by atoms with Crippen LogP contribution in [-0.4, -0.2) is 28.2 Å². The Bertz CT molecular complexity index is 1080. The van der Waals surface area contributed by atoms with Crippen molar-refractivity contribution >= 4 is 22.8 Å². The number of carbonyl (C=O) groups is 2. The molecule has 0 fully saturated rings. The van der Waals surface area contributed by atoms with Gasteiger partial charge in [0.15, 0.2) is 0 Å². The second-order valence-corrected chi connectivity index (χ2v) is 7.62. The average molecular weight is 420 g/mol. The largest absolute Gasteiger partial charge is 0.493 e. The molecular formula is C26H29NO4. The van der Waals surface area contributed by atoms with Crippen LogP contribution in [0.5, 0.6) is 5.75 Å². The van der Waals surface area contributed by atoms with Gasteiger partial charge in [-0.1, -0.05) is 44.1 Å². The molecule has 0 spiro atoms. The van der Waals surface area contributed by atoms with Crippen LogP contribution >= 0.6 is 0 Å². The third-order valence-electron chi connectivity index (χ3n) is 5.21. The molecule has 2 aromatic carbocycles. The van der Waals surface area contributed by atoms with Gasteiger partial charge in [-0.05, 0) is 61.7 Å². The van der Waals surface area contributed by atoms with E-state index < -0.39 is 5.97 Å². The Balaban J connectivity index is 1.70. The number of hydrogen-bond donors (Lipinski definition) is 1. The quantitative estimate of drug-likeness (QED) is 0.334. The number of unbranched alkanes of at least 4 members (excludes halogenated alkanes) is 2. The predicted molar refractivity (Wildman–Crippen MR) is 123 cm³/mol. The summed E-state index contributed by atoms with van der Waals surface area (Å²) in [6.45, 7) is 4.64. The molecule has 0 aliphatic carbocycles. The molecule has 1 aromatic heterocycles. The summed E-state index contributed by atoms with van der Waals surface area (Å²) in [5.74, 6) is -0.307. The molecule has 0 aliphatic heterocycles. The fraction of sp³-hybridized carbons (Fsp3) is 0.308. The van der Waals surface area contributed by atoms with Gasteiger partial charge in [-0.15, -0.1) is 0 Å². The van der Waals surface area contributed by atoms with Crippen molar-refractivity contribution in [1.29, 1.82) is 0 Å². The van der Waals surface area contributed by atoms with Gasteiger partial charge in [0.2, 0.25) is 0 Å². The smallest absolute Gasteiger partial charge is 0.307 e. The van der Waals surface area contributed by atoms with E-state index in [-0.39, 0.29) is 12.3 Å². The Morgan fingerprint density at radius 1 is 1.06 bits per heavy atom. The van der Waals surface area contributed by atoms with E-state index in [1.807, 2.05) is 31.2 Å². The molecule has 0 unspecified atom stereocenters. The summed E-state index contributed by atoms with van der Waals surface area (Å²) >= 11 is 0. The molecule has 0 atom stereocenters. The second-order valence-electron chi connectivity index (χ2n) is 7.62. The maximum atomic E-state index is 13.2. The van der Waals surface area contributed by atoms with E-state index in [2.05, 4.69) is 19.1 Å². The number of benzene rings is 2. The fourth-order valence-corrected chi connectivity index (χ4v) is 3.64. The first-order valence-electron chi connectivity index (χ1n) is 10.8. The van der Waals surface area contributed by atoms with Crippen LogP contribution < -0.4 is 4.74 Å². The zero-order valence-electron chi connectivity index (χ0n) is 18.1. The topological polar surface area (TPSA) is 68.5 Å². The van der Waals surface area contributed by atoms with Gasteiger partial charge in [-0.3, -0.25) is 14.2 Å². The van der Waals surface area contributed by atoms with E-state index in [9.17, 15) is 9.59 Å². The number of nitrogens with zero attached hydrogens (tertiary/aromatic N) is 1. The third-order valence-corrected chi connectivity index (χ3v) is 5.21. The van der Waals surface area contributed by atoms with Gasteiger partial charge >= 0.3 is 5.97 Å². The molecule has 162 valence electrons. The first kappa shape index (κ1) is 22.3. The monoisotopic (exact) mass is 419 g/mol. The molecule has 0 amide bonds. The Morgan fingerprint density at radius 2 is 1.81 bits per heavy atom. The fourth-order valence-electron chi connectivity index (χ4n) is 3.64. The Hall–Kier alpha value is -3.34. The molecule has 3 aromatic rings. The van der Waals surface area contributed by atoms with Gasteiger partial charge < -0.3 is 9.84 Å². The number of aryl methyl sites for hydroxylation is 1. The molecule has 0 radical (unpaired) electrons. The van der Waals surface area contributed by atoms with Crippen LogP contribution in [0.4, 0.5) is 0 Å². The minimum Gasteiger partial charge on any atom is -0.493 e. The van der Waals surface area contributed by atoms with Crippen LogP contribution in [0.25, 0.3) is 10.9 Å². The first-order valence-corrected chi connectivity index (χ1v) is 10.8. The van der Waals surface area contributed by atoms with Crippen molar-refractivity contribution in [3.8, 4) is 5.75 Å². The lowest BCUT2D eigenvalue weighted by atomic mass is 10.1. The lowest BCUT2D eigenvalue weighted by Crippen LogP contribution is -2.13. The Morgan fingerprint density at radius 3 is 2.52 bits per heavy atom. The minimum atomic E-state index is -0.892. The number of allylic oxidation sites excluding steroid dienone is 1. The standard InChI is InChI=1S/C26H29NO4/c1-3-4-5-6-7-8-16-31-22-14-12-20(13-15-22)26(30)27-19(2)17-23-21(18-25(28)29)10-9-11-24(23)27/h6-7,9-15,17H,3-5,8,16,18H2,1-2H3,(H,28,29). The zero-order valence-corrected chi connectivity index (χ0v) is 18.1. The van der Waals surface area contributed by atoms with Crippen molar-refractivity contribution in [3.05, 3.63) is 77.5 Å². The van der Waals surface area contributed by atoms with E-state index >= 15 is 0 Å². The van der Waals surface area contributed by atoms with Crippen molar-refractivity contribution in [2.75, 3.05) is 6.61 Å². The predicted octanol–water partition coefficient (Wildman–Crippen LogP) is 5.78. The molecular weight excluding hydrogens is 390 g/mol. The van der Waals surface area contributed by atoms with E-state index in [4.69, 9.17) is 9.84 Å². The highest BCUT2D eigenvalue weighted by Crippen LogP contribution is 2.25. The van der Waals surface area contributed by atoms with Gasteiger partial charge in [0.25, 0.3) is 5.91 Å². The number of aromatic nitrogens is 1. The van der Waals surface area contributed by atoms with Crippen molar-refractivity contribution in [2.45, 2.75) is 46.0 Å². The summed E-state index contributed by atoms with van der Waals surface area (Å²) in [7, 11) is 0. The number of fused-ring (bicyclic) bond motifs is 1. The lowest BCUT2D eigenvalue weighted by Gasteiger charge is -2.09. The van der Waals surface area contributed by atoms with E-state index in [0.29, 0.717) is 17.7 Å². The third kappa shape index (κ3) is 5.63. The highest BCUT2D eigenvalue weighted by molar-refractivity contribution is 6.04. The normalized spacial score (nSPS) is 11.3. The van der Waals surface area contributed by atoms with Crippen LogP contribution in [0, 0.1) is 6.92 Å². The molecule has 1 heterocycles. The van der Waals surface area contributed by atoms with Crippen molar-refractivity contribution < 1.29 is 19.4 Å². The number of rotatable bonds is 10. The Labute approximate surface area is 183 Å². The molecule has 3 rings (SSSR count). The number of carboxylic acids is 1. The molecule has 5 nitrogen and oxygen atoms in total. The van der Waals surface area contributed by atoms with Crippen LogP contribution in [0.2, 0.25) is 0 Å². The summed E-state index contributed by atoms with van der Waals surface area (Å²) in [4.78, 5) is 24.3. The summed E-state index contributed by atoms with van der Waals surface area (Å²) in [6, 6.07) is 14.4. The van der Waals surface area contributed by atoms with E-state index in [0.717, 1.165) is 35.2 Å². The SMILES string of the molecule is CCCCC=CCCOc1ccc(C(=O)n2c(C)cc3c(CC(=O)O)cccc32)cc1. The van der Waals surface area contributed by atoms with Crippen LogP contribution in [0.3, 0.4) is 0 Å². The Kier molecular flexibility index (Phi) is 7.65. The summed E-state index contributed by atoms with van der Waals surface area (Å²) in [6.07, 6.45) is 8.65. The summed E-state index contributed by atoms with van der Waals surface area (Å²) < 4.78 is 7.40. The maximum absolute atomic E-state index is 13.2. The van der Waals surface area contributed by atoms with Gasteiger partial charge in [0.1, 0.15) is 5.75 Å². The van der Waals surface area contributed by atoms with Crippen molar-refractivity contribution in [3.63, 3.8) is 0 Å². The van der Waals surface area contributed by atoms with Crippen molar-refractivity contribution in [2.24, 2.45) is 0 Å². The number of aliphatic carboxylic acids is 1. The number of carboxylic acid groups (broad SMARTS) is 1. The lowest BCUT2D eigenvalue weighted by molar-refractivity contribution is -0.136. The first-order chi connectivity index (χ1) is 15.0. The molecule has 0 aliphatic rings. The number of hydrogen-bond acceptors (Lipinski definition) is 3. The van der Waals surface area contributed by atoms with Gasteiger partial charge in [-0.2, -0.15) is 0 Å². The van der Waals surface area contributed by atoms with Crippen molar-refractivity contribution in [1.82, 2.24) is 4.57 Å². The van der Waals surface area contributed by atoms with Crippen LogP contribution in [0.15, 0.2) is 60.7 Å². The summed E-state index contributed by atoms with van der Waals surface area (Å²) in [5.41, 5.74) is 2.74.